The van der Waals surface area contributed by atoms with Gasteiger partial charge < -0.3 is 5.32 Å². The van der Waals surface area contributed by atoms with Gasteiger partial charge in [-0.2, -0.15) is 0 Å². The van der Waals surface area contributed by atoms with Crippen molar-refractivity contribution in [3.63, 3.8) is 0 Å². The van der Waals surface area contributed by atoms with Crippen molar-refractivity contribution in [1.29, 1.82) is 0 Å². The van der Waals surface area contributed by atoms with E-state index in [1.54, 1.807) is 17.5 Å². The predicted molar refractivity (Wildman–Crippen MR) is 85.6 cm³/mol. The van der Waals surface area contributed by atoms with Crippen molar-refractivity contribution in [3.8, 4) is 0 Å². The molecular formula is C15H20ClN3S. The smallest absolute Gasteiger partial charge is 0.0948 e. The van der Waals surface area contributed by atoms with Gasteiger partial charge in [0.15, 0.2) is 0 Å². The van der Waals surface area contributed by atoms with E-state index in [2.05, 4.69) is 36.5 Å². The third kappa shape index (κ3) is 3.78. The maximum atomic E-state index is 5.88. The highest BCUT2D eigenvalue weighted by molar-refractivity contribution is 7.09. The maximum Gasteiger partial charge on any atom is 0.0948 e. The minimum Gasteiger partial charge on any atom is -0.311 e. The lowest BCUT2D eigenvalue weighted by Crippen LogP contribution is -2.20. The molecule has 0 spiro atoms. The summed E-state index contributed by atoms with van der Waals surface area (Å²) >= 11 is 7.59. The number of hydrogen-bond donors (Lipinski definition) is 1. The molecule has 1 N–H and O–H groups in total. The van der Waals surface area contributed by atoms with Crippen molar-refractivity contribution in [2.75, 3.05) is 7.05 Å². The highest BCUT2D eigenvalue weighted by Crippen LogP contribution is 2.26. The largest absolute Gasteiger partial charge is 0.311 e. The van der Waals surface area contributed by atoms with E-state index in [4.69, 9.17) is 16.6 Å². The summed E-state index contributed by atoms with van der Waals surface area (Å²) in [7, 11) is 1.94. The van der Waals surface area contributed by atoms with Gasteiger partial charge in [-0.3, -0.25) is 4.98 Å². The van der Waals surface area contributed by atoms with E-state index in [9.17, 15) is 0 Å². The molecule has 0 aliphatic rings. The Labute approximate surface area is 129 Å². The van der Waals surface area contributed by atoms with Crippen LogP contribution in [0.25, 0.3) is 0 Å². The van der Waals surface area contributed by atoms with Crippen LogP contribution >= 0.6 is 22.9 Å². The molecule has 1 atom stereocenters. The number of nitrogens with one attached hydrogen (secondary N) is 1. The van der Waals surface area contributed by atoms with Crippen LogP contribution in [-0.4, -0.2) is 17.0 Å². The lowest BCUT2D eigenvalue weighted by molar-refractivity contribution is 0.554. The molecule has 5 heteroatoms. The van der Waals surface area contributed by atoms with E-state index >= 15 is 0 Å². The molecule has 0 aliphatic carbocycles. The van der Waals surface area contributed by atoms with Gasteiger partial charge >= 0.3 is 0 Å². The molecule has 0 saturated carbocycles. The average Bonchev–Trinajstić information content (AvgIpc) is 2.85. The van der Waals surface area contributed by atoms with Crippen molar-refractivity contribution in [2.45, 2.75) is 38.6 Å². The van der Waals surface area contributed by atoms with Crippen molar-refractivity contribution in [2.24, 2.45) is 0 Å². The topological polar surface area (TPSA) is 37.8 Å². The number of thiazole rings is 1. The standard InChI is InChI=1S/C15H20ClN3S/c1-15(2,3)13-9-20-14(19-13)7-12(17-4)11-6-5-10(16)8-18-11/h5-6,8-9,12,17H,7H2,1-4H3. The van der Waals surface area contributed by atoms with Crippen LogP contribution in [0.3, 0.4) is 0 Å². The van der Waals surface area contributed by atoms with E-state index in [0.29, 0.717) is 5.02 Å². The summed E-state index contributed by atoms with van der Waals surface area (Å²) in [6, 6.07) is 3.99. The van der Waals surface area contributed by atoms with Gasteiger partial charge in [0.1, 0.15) is 0 Å². The fraction of sp³-hybridized carbons (Fsp3) is 0.467. The van der Waals surface area contributed by atoms with Crippen LogP contribution in [0.4, 0.5) is 0 Å². The Bertz CT molecular complexity index is 557. The molecular weight excluding hydrogens is 290 g/mol. The summed E-state index contributed by atoms with van der Waals surface area (Å²) in [4.78, 5) is 9.12. The second-order valence-electron chi connectivity index (χ2n) is 5.82. The molecule has 2 aromatic rings. The van der Waals surface area contributed by atoms with Crippen LogP contribution in [0.2, 0.25) is 5.02 Å². The van der Waals surface area contributed by atoms with Crippen molar-refractivity contribution in [3.05, 3.63) is 45.1 Å². The van der Waals surface area contributed by atoms with Crippen LogP contribution in [0.15, 0.2) is 23.7 Å². The van der Waals surface area contributed by atoms with Crippen LogP contribution in [-0.2, 0) is 11.8 Å². The molecule has 0 bridgehead atoms. The molecule has 2 heterocycles. The zero-order valence-corrected chi connectivity index (χ0v) is 13.8. The first kappa shape index (κ1) is 15.4. The van der Waals surface area contributed by atoms with Crippen LogP contribution in [0, 0.1) is 0 Å². The highest BCUT2D eigenvalue weighted by atomic mass is 35.5. The summed E-state index contributed by atoms with van der Waals surface area (Å²) in [5.74, 6) is 0. The number of aromatic nitrogens is 2. The quantitative estimate of drug-likeness (QED) is 0.928. The first-order valence-corrected chi connectivity index (χ1v) is 7.89. The number of likely N-dealkylation sites (N-methyl/N-ethyl adjacent to an activating group) is 1. The number of halogens is 1. The molecule has 1 unspecified atom stereocenters. The van der Waals surface area contributed by atoms with Crippen LogP contribution in [0.5, 0.6) is 0 Å². The first-order chi connectivity index (χ1) is 9.40. The first-order valence-electron chi connectivity index (χ1n) is 6.64. The predicted octanol–water partition coefficient (Wildman–Crippen LogP) is 3.99. The monoisotopic (exact) mass is 309 g/mol. The molecule has 3 nitrogen and oxygen atoms in total. The number of pyridine rings is 1. The lowest BCUT2D eigenvalue weighted by atomic mass is 9.93. The molecule has 0 saturated heterocycles. The Balaban J connectivity index is 2.14. The van der Waals surface area contributed by atoms with E-state index in [0.717, 1.165) is 22.8 Å². The molecule has 0 aliphatic heterocycles. The van der Waals surface area contributed by atoms with Crippen molar-refractivity contribution in [1.82, 2.24) is 15.3 Å². The number of nitrogens with zero attached hydrogens (tertiary/aromatic N) is 2. The maximum absolute atomic E-state index is 5.88. The van der Waals surface area contributed by atoms with Gasteiger partial charge in [-0.1, -0.05) is 32.4 Å². The SMILES string of the molecule is CNC(Cc1nc(C(C)(C)C)cs1)c1ccc(Cl)cn1. The Hall–Kier alpha value is -0.970. The van der Waals surface area contributed by atoms with Crippen molar-refractivity contribution < 1.29 is 0 Å². The molecule has 0 radical (unpaired) electrons. The molecule has 0 fully saturated rings. The third-order valence-electron chi connectivity index (χ3n) is 3.15. The minimum atomic E-state index is 0.0996. The summed E-state index contributed by atoms with van der Waals surface area (Å²) in [6.45, 7) is 6.55. The molecule has 108 valence electrons. The van der Waals surface area contributed by atoms with E-state index in [-0.39, 0.29) is 11.5 Å². The van der Waals surface area contributed by atoms with Gasteiger partial charge in [0.25, 0.3) is 0 Å². The second-order valence-corrected chi connectivity index (χ2v) is 7.20. The van der Waals surface area contributed by atoms with Crippen molar-refractivity contribution >= 4 is 22.9 Å². The molecule has 2 rings (SSSR count). The second kappa shape index (κ2) is 6.20. The fourth-order valence-corrected chi connectivity index (χ4v) is 3.05. The Morgan fingerprint density at radius 2 is 2.10 bits per heavy atom. The minimum absolute atomic E-state index is 0.0996. The van der Waals surface area contributed by atoms with Crippen LogP contribution < -0.4 is 5.32 Å². The number of rotatable bonds is 4. The zero-order chi connectivity index (χ0) is 14.8. The fourth-order valence-electron chi connectivity index (χ4n) is 1.87. The molecule has 0 aromatic carbocycles. The lowest BCUT2D eigenvalue weighted by Gasteiger charge is -2.15. The Morgan fingerprint density at radius 3 is 2.60 bits per heavy atom. The van der Waals surface area contributed by atoms with E-state index in [1.807, 2.05) is 19.2 Å². The van der Waals surface area contributed by atoms with E-state index < -0.39 is 0 Å². The third-order valence-corrected chi connectivity index (χ3v) is 4.25. The van der Waals surface area contributed by atoms with Gasteiger partial charge in [0, 0.05) is 23.4 Å². The molecule has 2 aromatic heterocycles. The summed E-state index contributed by atoms with van der Waals surface area (Å²) in [6.07, 6.45) is 2.52. The van der Waals surface area contributed by atoms with Crippen LogP contribution in [0.1, 0.15) is 43.2 Å². The summed E-state index contributed by atoms with van der Waals surface area (Å²) in [5, 5.41) is 7.24. The highest BCUT2D eigenvalue weighted by Gasteiger charge is 2.19. The van der Waals surface area contributed by atoms with Gasteiger partial charge in [0.2, 0.25) is 0 Å². The van der Waals surface area contributed by atoms with Gasteiger partial charge in [0.05, 0.1) is 27.5 Å². The van der Waals surface area contributed by atoms with Gasteiger partial charge in [-0.15, -0.1) is 11.3 Å². The number of hydrogen-bond acceptors (Lipinski definition) is 4. The summed E-state index contributed by atoms with van der Waals surface area (Å²) < 4.78 is 0. The zero-order valence-electron chi connectivity index (χ0n) is 12.3. The van der Waals surface area contributed by atoms with E-state index in [1.165, 1.54) is 0 Å². The average molecular weight is 310 g/mol. The summed E-state index contributed by atoms with van der Waals surface area (Å²) in [5.41, 5.74) is 2.24. The Morgan fingerprint density at radius 1 is 1.35 bits per heavy atom. The normalized spacial score (nSPS) is 13.4. The molecule has 20 heavy (non-hydrogen) atoms. The van der Waals surface area contributed by atoms with Gasteiger partial charge in [-0.25, -0.2) is 4.98 Å². The van der Waals surface area contributed by atoms with Gasteiger partial charge in [-0.05, 0) is 19.2 Å². The molecule has 0 amide bonds. The Kier molecular flexibility index (Phi) is 4.78.